The molecule has 1 aliphatic heterocycles. The molecular weight excluding hydrogens is 207 g/mol. The molecule has 2 heterocycles. The van der Waals surface area contributed by atoms with Crippen molar-refractivity contribution in [1.29, 1.82) is 0 Å². The first-order chi connectivity index (χ1) is 7.84. The highest BCUT2D eigenvalue weighted by atomic mass is 19.1. The summed E-state index contributed by atoms with van der Waals surface area (Å²) in [6.45, 7) is 0.637. The van der Waals surface area contributed by atoms with Crippen LogP contribution in [0.25, 0.3) is 11.0 Å². The van der Waals surface area contributed by atoms with Gasteiger partial charge in [-0.1, -0.05) is 17.3 Å². The van der Waals surface area contributed by atoms with Crippen LogP contribution in [-0.2, 0) is 0 Å². The lowest BCUT2D eigenvalue weighted by atomic mass is 9.94. The number of fused-ring (bicyclic) bond motifs is 1. The van der Waals surface area contributed by atoms with E-state index >= 15 is 0 Å². The molecular formula is C12H13FN2O. The van der Waals surface area contributed by atoms with Gasteiger partial charge in [-0.2, -0.15) is 0 Å². The Labute approximate surface area is 92.6 Å². The number of hydrogen-bond acceptors (Lipinski definition) is 3. The van der Waals surface area contributed by atoms with Gasteiger partial charge in [-0.15, -0.1) is 0 Å². The highest BCUT2D eigenvalue weighted by Gasteiger charge is 2.25. The summed E-state index contributed by atoms with van der Waals surface area (Å²) < 4.78 is 18.2. The summed E-state index contributed by atoms with van der Waals surface area (Å²) in [7, 11) is 0. The maximum absolute atomic E-state index is 13.0. The number of para-hydroxylation sites is 1. The summed E-state index contributed by atoms with van der Waals surface area (Å²) >= 11 is 0. The average molecular weight is 220 g/mol. The third kappa shape index (κ3) is 1.59. The van der Waals surface area contributed by atoms with Crippen LogP contribution in [0, 0.1) is 0 Å². The smallest absolute Gasteiger partial charge is 0.167 e. The molecule has 1 aliphatic rings. The van der Waals surface area contributed by atoms with Gasteiger partial charge in [0.2, 0.25) is 0 Å². The van der Waals surface area contributed by atoms with Crippen molar-refractivity contribution in [2.45, 2.75) is 25.1 Å². The van der Waals surface area contributed by atoms with E-state index in [-0.39, 0.29) is 5.92 Å². The van der Waals surface area contributed by atoms with Crippen LogP contribution in [-0.4, -0.2) is 18.0 Å². The molecule has 0 bridgehead atoms. The number of hydrogen-bond donors (Lipinski definition) is 1. The number of nitrogens with zero attached hydrogens (tertiary/aromatic N) is 1. The number of rotatable bonds is 1. The number of halogens is 1. The zero-order valence-corrected chi connectivity index (χ0v) is 8.82. The zero-order valence-electron chi connectivity index (χ0n) is 8.82. The molecule has 0 spiro atoms. The van der Waals surface area contributed by atoms with Gasteiger partial charge in [0.25, 0.3) is 0 Å². The predicted octanol–water partition coefficient (Wildman–Crippen LogP) is 2.59. The van der Waals surface area contributed by atoms with Gasteiger partial charge in [-0.05, 0) is 25.0 Å². The molecule has 0 saturated carbocycles. The van der Waals surface area contributed by atoms with Crippen molar-refractivity contribution in [3.63, 3.8) is 0 Å². The minimum absolute atomic E-state index is 0.260. The van der Waals surface area contributed by atoms with Gasteiger partial charge in [0.15, 0.2) is 11.9 Å². The minimum atomic E-state index is -0.866. The number of benzene rings is 1. The van der Waals surface area contributed by atoms with Crippen LogP contribution < -0.4 is 5.32 Å². The highest BCUT2D eigenvalue weighted by Crippen LogP contribution is 2.30. The Morgan fingerprint density at radius 1 is 1.31 bits per heavy atom. The van der Waals surface area contributed by atoms with E-state index in [1.165, 1.54) is 0 Å². The van der Waals surface area contributed by atoms with E-state index in [9.17, 15) is 4.39 Å². The summed E-state index contributed by atoms with van der Waals surface area (Å²) in [6, 6.07) is 7.80. The molecule has 16 heavy (non-hydrogen) atoms. The molecule has 3 nitrogen and oxygen atoms in total. The molecule has 84 valence electrons. The lowest BCUT2D eigenvalue weighted by Crippen LogP contribution is -2.35. The second kappa shape index (κ2) is 3.87. The van der Waals surface area contributed by atoms with E-state index in [0.717, 1.165) is 23.1 Å². The van der Waals surface area contributed by atoms with Gasteiger partial charge >= 0.3 is 0 Å². The van der Waals surface area contributed by atoms with E-state index in [2.05, 4.69) is 10.5 Å². The van der Waals surface area contributed by atoms with Crippen molar-refractivity contribution in [2.24, 2.45) is 0 Å². The fraction of sp³-hybridized carbons (Fsp3) is 0.417. The Bertz CT molecular complexity index is 488. The van der Waals surface area contributed by atoms with Gasteiger partial charge < -0.3 is 4.52 Å². The molecule has 1 aromatic carbocycles. The standard InChI is InChI=1S/C12H13FN2O/c13-11-6-5-8(7-14-11)12-9-3-1-2-4-10(9)16-15-12/h1-4,8,11,14H,5-7H2. The zero-order chi connectivity index (χ0) is 11.0. The number of aromatic nitrogens is 1. The number of nitrogens with one attached hydrogen (secondary N) is 1. The Hall–Kier alpha value is -1.42. The number of piperidine rings is 1. The van der Waals surface area contributed by atoms with Crippen LogP contribution in [0.2, 0.25) is 0 Å². The first-order valence-corrected chi connectivity index (χ1v) is 5.56. The topological polar surface area (TPSA) is 38.1 Å². The monoisotopic (exact) mass is 220 g/mol. The Kier molecular flexibility index (Phi) is 2.36. The van der Waals surface area contributed by atoms with Crippen molar-refractivity contribution >= 4 is 11.0 Å². The Balaban J connectivity index is 1.94. The van der Waals surface area contributed by atoms with Gasteiger partial charge in [-0.3, -0.25) is 5.32 Å². The third-order valence-corrected chi connectivity index (χ3v) is 3.15. The summed E-state index contributed by atoms with van der Waals surface area (Å²) in [6.07, 6.45) is 0.505. The largest absolute Gasteiger partial charge is 0.356 e. The molecule has 1 N–H and O–H groups in total. The molecule has 1 fully saturated rings. The molecule has 0 aliphatic carbocycles. The molecule has 2 unspecified atom stereocenters. The van der Waals surface area contributed by atoms with E-state index in [1.807, 2.05) is 24.3 Å². The molecule has 2 atom stereocenters. The van der Waals surface area contributed by atoms with Crippen molar-refractivity contribution in [3.05, 3.63) is 30.0 Å². The van der Waals surface area contributed by atoms with Gasteiger partial charge in [-0.25, -0.2) is 4.39 Å². The van der Waals surface area contributed by atoms with Gasteiger partial charge in [0, 0.05) is 17.8 Å². The molecule has 0 radical (unpaired) electrons. The van der Waals surface area contributed by atoms with Gasteiger partial charge in [0.1, 0.15) is 0 Å². The van der Waals surface area contributed by atoms with Crippen LogP contribution in [0.3, 0.4) is 0 Å². The fourth-order valence-electron chi connectivity index (χ4n) is 2.25. The lowest BCUT2D eigenvalue weighted by molar-refractivity contribution is 0.207. The Morgan fingerprint density at radius 2 is 2.19 bits per heavy atom. The summed E-state index contributed by atoms with van der Waals surface area (Å²) in [5.41, 5.74) is 1.76. The van der Waals surface area contributed by atoms with E-state index < -0.39 is 6.30 Å². The normalized spacial score (nSPS) is 26.1. The van der Waals surface area contributed by atoms with E-state index in [1.54, 1.807) is 0 Å². The first-order valence-electron chi connectivity index (χ1n) is 5.56. The second-order valence-corrected chi connectivity index (χ2v) is 4.21. The minimum Gasteiger partial charge on any atom is -0.356 e. The maximum atomic E-state index is 13.0. The van der Waals surface area contributed by atoms with Gasteiger partial charge in [0.05, 0.1) is 5.69 Å². The predicted molar refractivity (Wildman–Crippen MR) is 58.9 cm³/mol. The van der Waals surface area contributed by atoms with Crippen LogP contribution in [0.15, 0.2) is 28.8 Å². The molecule has 0 amide bonds. The van der Waals surface area contributed by atoms with E-state index in [4.69, 9.17) is 4.52 Å². The van der Waals surface area contributed by atoms with Crippen LogP contribution >= 0.6 is 0 Å². The first kappa shape index (κ1) is 9.78. The molecule has 2 aromatic rings. The van der Waals surface area contributed by atoms with Crippen molar-refractivity contribution < 1.29 is 8.91 Å². The highest BCUT2D eigenvalue weighted by molar-refractivity contribution is 5.79. The number of alkyl halides is 1. The van der Waals surface area contributed by atoms with Crippen LogP contribution in [0.1, 0.15) is 24.5 Å². The summed E-state index contributed by atoms with van der Waals surface area (Å²) in [5.74, 6) is 0.260. The quantitative estimate of drug-likeness (QED) is 0.751. The van der Waals surface area contributed by atoms with E-state index in [0.29, 0.717) is 13.0 Å². The van der Waals surface area contributed by atoms with Crippen molar-refractivity contribution in [2.75, 3.05) is 6.54 Å². The van der Waals surface area contributed by atoms with Crippen LogP contribution in [0.5, 0.6) is 0 Å². The SMILES string of the molecule is FC1CCC(c2noc3ccccc23)CN1. The van der Waals surface area contributed by atoms with Crippen molar-refractivity contribution in [1.82, 2.24) is 10.5 Å². The summed E-state index contributed by atoms with van der Waals surface area (Å²) in [5, 5.41) is 7.99. The fourth-order valence-corrected chi connectivity index (χ4v) is 2.25. The van der Waals surface area contributed by atoms with Crippen LogP contribution in [0.4, 0.5) is 4.39 Å². The molecule has 3 rings (SSSR count). The Morgan fingerprint density at radius 3 is 3.00 bits per heavy atom. The molecule has 1 saturated heterocycles. The summed E-state index contributed by atoms with van der Waals surface area (Å²) in [4.78, 5) is 0. The lowest BCUT2D eigenvalue weighted by Gasteiger charge is -2.23. The van der Waals surface area contributed by atoms with Crippen molar-refractivity contribution in [3.8, 4) is 0 Å². The molecule has 1 aromatic heterocycles. The maximum Gasteiger partial charge on any atom is 0.167 e. The molecule has 4 heteroatoms. The third-order valence-electron chi connectivity index (χ3n) is 3.15. The average Bonchev–Trinajstić information content (AvgIpc) is 2.74. The second-order valence-electron chi connectivity index (χ2n) is 4.21.